The van der Waals surface area contributed by atoms with Gasteiger partial charge in [0, 0.05) is 44.3 Å². The molecule has 0 saturated carbocycles. The van der Waals surface area contributed by atoms with E-state index in [-0.39, 0.29) is 0 Å². The van der Waals surface area contributed by atoms with Crippen molar-refractivity contribution in [2.45, 2.75) is 6.54 Å². The van der Waals surface area contributed by atoms with Crippen molar-refractivity contribution in [3.8, 4) is 11.4 Å². The fraction of sp³-hybridized carbons (Fsp3) is 0.263. The van der Waals surface area contributed by atoms with Crippen LogP contribution in [0.3, 0.4) is 0 Å². The van der Waals surface area contributed by atoms with Gasteiger partial charge in [-0.05, 0) is 37.9 Å². The van der Waals surface area contributed by atoms with Gasteiger partial charge in [0.25, 0.3) is 0 Å². The molecule has 0 unspecified atom stereocenters. The topological polar surface area (TPSA) is 78.9 Å². The second-order valence-corrected chi connectivity index (χ2v) is 6.12. The zero-order valence-electron chi connectivity index (χ0n) is 15.1. The van der Waals surface area contributed by atoms with E-state index in [4.69, 9.17) is 0 Å². The van der Waals surface area contributed by atoms with Gasteiger partial charge in [-0.2, -0.15) is 4.98 Å². The van der Waals surface area contributed by atoms with E-state index in [1.807, 2.05) is 56.7 Å². The Balaban J connectivity index is 1.80. The molecule has 0 spiro atoms. The highest BCUT2D eigenvalue weighted by Gasteiger charge is 2.08. The zero-order valence-corrected chi connectivity index (χ0v) is 15.1. The van der Waals surface area contributed by atoms with Gasteiger partial charge in [0.15, 0.2) is 0 Å². The van der Waals surface area contributed by atoms with Crippen molar-refractivity contribution in [2.75, 3.05) is 37.8 Å². The van der Waals surface area contributed by atoms with Gasteiger partial charge >= 0.3 is 0 Å². The lowest BCUT2D eigenvalue weighted by molar-refractivity contribution is 0.425. The second kappa shape index (κ2) is 8.87. The predicted molar refractivity (Wildman–Crippen MR) is 104 cm³/mol. The average Bonchev–Trinajstić information content (AvgIpc) is 2.67. The van der Waals surface area contributed by atoms with E-state index in [0.29, 0.717) is 12.5 Å². The van der Waals surface area contributed by atoms with Crippen molar-refractivity contribution in [1.29, 1.82) is 0 Å². The Morgan fingerprint density at radius 2 is 1.88 bits per heavy atom. The summed E-state index contributed by atoms with van der Waals surface area (Å²) < 4.78 is 0. The van der Waals surface area contributed by atoms with Crippen LogP contribution in [0.1, 0.15) is 5.56 Å². The number of nitrogens with zero attached hydrogens (tertiary/aromatic N) is 5. The number of pyridine rings is 2. The Morgan fingerprint density at radius 1 is 0.962 bits per heavy atom. The molecule has 0 amide bonds. The maximum Gasteiger partial charge on any atom is 0.225 e. The highest BCUT2D eigenvalue weighted by atomic mass is 15.2. The van der Waals surface area contributed by atoms with E-state index < -0.39 is 0 Å². The number of hydrogen-bond donors (Lipinski definition) is 2. The Hall–Kier alpha value is -3.06. The van der Waals surface area contributed by atoms with Gasteiger partial charge < -0.3 is 15.5 Å². The van der Waals surface area contributed by atoms with Gasteiger partial charge in [-0.3, -0.25) is 9.97 Å². The summed E-state index contributed by atoms with van der Waals surface area (Å²) in [7, 11) is 4.07. The molecule has 134 valence electrons. The zero-order chi connectivity index (χ0) is 18.2. The van der Waals surface area contributed by atoms with E-state index in [2.05, 4.69) is 35.5 Å². The summed E-state index contributed by atoms with van der Waals surface area (Å²) in [6, 6.07) is 11.6. The van der Waals surface area contributed by atoms with E-state index in [0.717, 1.165) is 35.9 Å². The summed E-state index contributed by atoms with van der Waals surface area (Å²) in [5.74, 6) is 1.33. The molecule has 3 heterocycles. The predicted octanol–water partition coefficient (Wildman–Crippen LogP) is 2.52. The smallest absolute Gasteiger partial charge is 0.225 e. The van der Waals surface area contributed by atoms with Crippen molar-refractivity contribution in [3.63, 3.8) is 0 Å². The summed E-state index contributed by atoms with van der Waals surface area (Å²) in [6.07, 6.45) is 5.36. The fourth-order valence-electron chi connectivity index (χ4n) is 2.35. The first kappa shape index (κ1) is 17.8. The van der Waals surface area contributed by atoms with Crippen molar-refractivity contribution >= 4 is 11.8 Å². The molecule has 0 saturated heterocycles. The third-order valence-electron chi connectivity index (χ3n) is 3.69. The molecule has 0 radical (unpaired) electrons. The lowest BCUT2D eigenvalue weighted by Gasteiger charge is -2.13. The highest BCUT2D eigenvalue weighted by Crippen LogP contribution is 2.19. The third-order valence-corrected chi connectivity index (χ3v) is 3.69. The first-order valence-electron chi connectivity index (χ1n) is 8.52. The molecule has 0 fully saturated rings. The molecule has 7 heteroatoms. The number of hydrogen-bond acceptors (Lipinski definition) is 7. The summed E-state index contributed by atoms with van der Waals surface area (Å²) >= 11 is 0. The molecule has 3 aromatic heterocycles. The molecule has 0 bridgehead atoms. The Bertz CT molecular complexity index is 807. The number of rotatable bonds is 8. The first-order valence-corrected chi connectivity index (χ1v) is 8.52. The monoisotopic (exact) mass is 349 g/mol. The van der Waals surface area contributed by atoms with Gasteiger partial charge in [0.2, 0.25) is 5.95 Å². The van der Waals surface area contributed by atoms with Crippen LogP contribution < -0.4 is 10.6 Å². The van der Waals surface area contributed by atoms with Gasteiger partial charge in [-0.1, -0.05) is 12.1 Å². The Morgan fingerprint density at radius 3 is 2.62 bits per heavy atom. The van der Waals surface area contributed by atoms with Crippen LogP contribution in [-0.4, -0.2) is 52.0 Å². The van der Waals surface area contributed by atoms with Crippen LogP contribution in [-0.2, 0) is 6.54 Å². The largest absolute Gasteiger partial charge is 0.366 e. The van der Waals surface area contributed by atoms with Crippen molar-refractivity contribution in [3.05, 3.63) is 60.6 Å². The molecule has 0 aliphatic rings. The van der Waals surface area contributed by atoms with Gasteiger partial charge in [0.1, 0.15) is 5.82 Å². The average molecular weight is 349 g/mol. The van der Waals surface area contributed by atoms with E-state index in [1.54, 1.807) is 12.4 Å². The summed E-state index contributed by atoms with van der Waals surface area (Å²) in [5, 5.41) is 6.62. The van der Waals surface area contributed by atoms with E-state index >= 15 is 0 Å². The quantitative estimate of drug-likeness (QED) is 0.647. The van der Waals surface area contributed by atoms with Crippen LogP contribution in [0.15, 0.2) is 55.0 Å². The van der Waals surface area contributed by atoms with E-state index in [9.17, 15) is 0 Å². The van der Waals surface area contributed by atoms with Gasteiger partial charge in [0.05, 0.1) is 11.4 Å². The molecule has 0 aliphatic heterocycles. The molecule has 0 aromatic carbocycles. The fourth-order valence-corrected chi connectivity index (χ4v) is 2.35. The van der Waals surface area contributed by atoms with Crippen molar-refractivity contribution in [2.24, 2.45) is 0 Å². The standard InChI is InChI=1S/C19H23N7/c1-26(2)11-10-22-19-24-17(16-7-3-4-9-21-16)12-18(25-19)23-14-15-6-5-8-20-13-15/h3-9,12-13H,10-11,14H2,1-2H3,(H2,22,23,24,25). The molecule has 2 N–H and O–H groups in total. The molecule has 0 aliphatic carbocycles. The molecule has 26 heavy (non-hydrogen) atoms. The van der Waals surface area contributed by atoms with Crippen LogP contribution in [0.4, 0.5) is 11.8 Å². The van der Waals surface area contributed by atoms with Crippen molar-refractivity contribution in [1.82, 2.24) is 24.8 Å². The summed E-state index contributed by atoms with van der Waals surface area (Å²) in [5.41, 5.74) is 2.68. The SMILES string of the molecule is CN(C)CCNc1nc(NCc2cccnc2)cc(-c2ccccn2)n1. The number of likely N-dealkylation sites (N-methyl/N-ethyl adjacent to an activating group) is 1. The normalized spacial score (nSPS) is 10.7. The molecule has 3 aromatic rings. The molecule has 7 nitrogen and oxygen atoms in total. The van der Waals surface area contributed by atoms with Crippen LogP contribution in [0.2, 0.25) is 0 Å². The second-order valence-electron chi connectivity index (χ2n) is 6.12. The number of nitrogens with one attached hydrogen (secondary N) is 2. The van der Waals surface area contributed by atoms with Crippen LogP contribution in [0.5, 0.6) is 0 Å². The van der Waals surface area contributed by atoms with Crippen molar-refractivity contribution < 1.29 is 0 Å². The van der Waals surface area contributed by atoms with Gasteiger partial charge in [-0.15, -0.1) is 0 Å². The number of anilines is 2. The van der Waals surface area contributed by atoms with Gasteiger partial charge in [-0.25, -0.2) is 4.98 Å². The van der Waals surface area contributed by atoms with E-state index in [1.165, 1.54) is 0 Å². The minimum atomic E-state index is 0.587. The van der Waals surface area contributed by atoms with Crippen LogP contribution in [0, 0.1) is 0 Å². The summed E-state index contributed by atoms with van der Waals surface area (Å²) in [6.45, 7) is 2.31. The maximum atomic E-state index is 4.60. The molecule has 3 rings (SSSR count). The molecular weight excluding hydrogens is 326 g/mol. The third kappa shape index (κ3) is 5.22. The Labute approximate surface area is 153 Å². The lowest BCUT2D eigenvalue weighted by Crippen LogP contribution is -2.21. The highest BCUT2D eigenvalue weighted by molar-refractivity contribution is 5.60. The number of aromatic nitrogens is 4. The van der Waals surface area contributed by atoms with Crippen LogP contribution in [0.25, 0.3) is 11.4 Å². The summed E-state index contributed by atoms with van der Waals surface area (Å²) in [4.78, 5) is 19.8. The maximum absolute atomic E-state index is 4.60. The first-order chi connectivity index (χ1) is 12.7. The van der Waals surface area contributed by atoms with Crippen LogP contribution >= 0.6 is 0 Å². The minimum absolute atomic E-state index is 0.587. The molecular formula is C19H23N7. The lowest BCUT2D eigenvalue weighted by atomic mass is 10.2. The Kier molecular flexibility index (Phi) is 6.05. The molecule has 0 atom stereocenters. The minimum Gasteiger partial charge on any atom is -0.366 e.